The highest BCUT2D eigenvalue weighted by Crippen LogP contribution is 2.41. The van der Waals surface area contributed by atoms with E-state index in [0.717, 1.165) is 82.4 Å². The first kappa shape index (κ1) is 29.1. The van der Waals surface area contributed by atoms with E-state index in [9.17, 15) is 10.5 Å². The SMILES string of the molecule is C=C(C#N)/C(=C\C=C(/C)c1ccc(-n2c3ccccc3c3ccc4oc5ccccc5c4c32)c(C#N)c1)n1c2ccccc2c2ccccc21. The topological polar surface area (TPSA) is 70.6 Å². The molecule has 0 N–H and O–H groups in total. The highest BCUT2D eigenvalue weighted by atomic mass is 16.3. The largest absolute Gasteiger partial charge is 0.456 e. The minimum absolute atomic E-state index is 0.359. The number of hydrogen-bond donors (Lipinski definition) is 0. The fourth-order valence-corrected chi connectivity index (χ4v) is 7.43. The molecule has 0 spiro atoms. The van der Waals surface area contributed by atoms with Gasteiger partial charge in [-0.3, -0.25) is 0 Å². The van der Waals surface area contributed by atoms with Crippen molar-refractivity contribution in [3.63, 3.8) is 0 Å². The van der Waals surface area contributed by atoms with Crippen molar-refractivity contribution in [3.05, 3.63) is 163 Å². The maximum absolute atomic E-state index is 10.6. The molecule has 0 atom stereocenters. The smallest absolute Gasteiger partial charge is 0.137 e. The van der Waals surface area contributed by atoms with Gasteiger partial charge < -0.3 is 13.6 Å². The lowest BCUT2D eigenvalue weighted by atomic mass is 10.0. The fourth-order valence-electron chi connectivity index (χ4n) is 7.43. The molecule has 5 heteroatoms. The number of furan rings is 1. The zero-order chi connectivity index (χ0) is 33.9. The van der Waals surface area contributed by atoms with Crippen molar-refractivity contribution in [2.45, 2.75) is 6.92 Å². The van der Waals surface area contributed by atoms with E-state index in [2.05, 4.69) is 82.4 Å². The molecule has 5 nitrogen and oxygen atoms in total. The second-order valence-electron chi connectivity index (χ2n) is 12.5. The van der Waals surface area contributed by atoms with Crippen LogP contribution < -0.4 is 0 Å². The van der Waals surface area contributed by atoms with Crippen LogP contribution >= 0.6 is 0 Å². The lowest BCUT2D eigenvalue weighted by molar-refractivity contribution is 0.669. The number of aromatic nitrogens is 2. The maximum atomic E-state index is 10.6. The zero-order valence-electron chi connectivity index (χ0n) is 27.2. The van der Waals surface area contributed by atoms with Crippen molar-refractivity contribution in [2.75, 3.05) is 0 Å². The average molecular weight is 641 g/mol. The molecule has 6 aromatic carbocycles. The molecule has 0 saturated carbocycles. The van der Waals surface area contributed by atoms with Crippen molar-refractivity contribution in [1.29, 1.82) is 10.5 Å². The molecule has 0 radical (unpaired) electrons. The normalized spacial score (nSPS) is 12.4. The van der Waals surface area contributed by atoms with Crippen molar-refractivity contribution in [2.24, 2.45) is 0 Å². The molecule has 0 bridgehead atoms. The molecule has 0 fully saturated rings. The maximum Gasteiger partial charge on any atom is 0.137 e. The minimum Gasteiger partial charge on any atom is -0.456 e. The Morgan fingerprint density at radius 1 is 0.660 bits per heavy atom. The third-order valence-electron chi connectivity index (χ3n) is 9.74. The van der Waals surface area contributed by atoms with Gasteiger partial charge in [0.15, 0.2) is 0 Å². The van der Waals surface area contributed by atoms with Crippen LogP contribution in [-0.2, 0) is 0 Å². The second-order valence-corrected chi connectivity index (χ2v) is 12.5. The third kappa shape index (κ3) is 4.25. The van der Waals surface area contributed by atoms with E-state index >= 15 is 0 Å². The predicted molar refractivity (Wildman–Crippen MR) is 205 cm³/mol. The molecule has 234 valence electrons. The van der Waals surface area contributed by atoms with Gasteiger partial charge in [0.1, 0.15) is 23.3 Å². The van der Waals surface area contributed by atoms with E-state index in [1.54, 1.807) is 0 Å². The molecule has 0 unspecified atom stereocenters. The first-order valence-electron chi connectivity index (χ1n) is 16.4. The van der Waals surface area contributed by atoms with Crippen molar-refractivity contribution < 1.29 is 4.42 Å². The number of rotatable bonds is 5. The highest BCUT2D eigenvalue weighted by Gasteiger charge is 2.21. The quantitative estimate of drug-likeness (QED) is 0.139. The predicted octanol–water partition coefficient (Wildman–Crippen LogP) is 11.7. The van der Waals surface area contributed by atoms with Crippen LogP contribution in [0.4, 0.5) is 0 Å². The second kappa shape index (κ2) is 11.3. The average Bonchev–Trinajstić information content (AvgIpc) is 3.82. The summed E-state index contributed by atoms with van der Waals surface area (Å²) in [5, 5.41) is 27.1. The number of nitriles is 2. The Morgan fingerprint density at radius 3 is 1.96 bits per heavy atom. The Morgan fingerprint density at radius 2 is 1.28 bits per heavy atom. The molecule has 0 aliphatic carbocycles. The molecule has 9 aromatic rings. The number of hydrogen-bond acceptors (Lipinski definition) is 3. The Hall–Kier alpha value is -7.08. The zero-order valence-corrected chi connectivity index (χ0v) is 27.2. The molecule has 3 aromatic heterocycles. The van der Waals surface area contributed by atoms with Gasteiger partial charge in [-0.25, -0.2) is 0 Å². The monoisotopic (exact) mass is 640 g/mol. The Kier molecular flexibility index (Phi) is 6.56. The van der Waals surface area contributed by atoms with E-state index in [0.29, 0.717) is 16.8 Å². The van der Waals surface area contributed by atoms with Gasteiger partial charge in [0, 0.05) is 26.9 Å². The summed E-state index contributed by atoms with van der Waals surface area (Å²) in [4.78, 5) is 0. The van der Waals surface area contributed by atoms with Crippen LogP contribution in [0.1, 0.15) is 18.1 Å². The van der Waals surface area contributed by atoms with E-state index in [1.165, 1.54) is 0 Å². The van der Waals surface area contributed by atoms with Gasteiger partial charge in [-0.2, -0.15) is 10.5 Å². The Labute approximate surface area is 287 Å². The van der Waals surface area contributed by atoms with Gasteiger partial charge >= 0.3 is 0 Å². The van der Waals surface area contributed by atoms with E-state index in [-0.39, 0.29) is 0 Å². The Balaban J connectivity index is 1.22. The number of fused-ring (bicyclic) bond motifs is 10. The van der Waals surface area contributed by atoms with Crippen LogP contribution in [0.2, 0.25) is 0 Å². The number of para-hydroxylation sites is 4. The first-order valence-corrected chi connectivity index (χ1v) is 16.4. The molecule has 0 amide bonds. The lowest BCUT2D eigenvalue weighted by Gasteiger charge is -2.13. The van der Waals surface area contributed by atoms with Crippen LogP contribution in [0.3, 0.4) is 0 Å². The molecule has 9 rings (SSSR count). The molecular weight excluding hydrogens is 613 g/mol. The van der Waals surface area contributed by atoms with E-state index in [4.69, 9.17) is 4.42 Å². The van der Waals surface area contributed by atoms with Crippen molar-refractivity contribution in [1.82, 2.24) is 9.13 Å². The van der Waals surface area contributed by atoms with Gasteiger partial charge in [-0.05, 0) is 72.7 Å². The molecule has 3 heterocycles. The van der Waals surface area contributed by atoms with Crippen molar-refractivity contribution in [3.8, 4) is 17.8 Å². The molecular formula is C45H28N4O. The summed E-state index contributed by atoms with van der Waals surface area (Å²) in [6.45, 7) is 6.14. The van der Waals surface area contributed by atoms with Gasteiger partial charge in [0.2, 0.25) is 0 Å². The highest BCUT2D eigenvalue weighted by molar-refractivity contribution is 6.24. The number of benzene rings is 6. The van der Waals surface area contributed by atoms with Crippen LogP contribution in [-0.4, -0.2) is 9.13 Å². The Bertz CT molecular complexity index is 2980. The lowest BCUT2D eigenvalue weighted by Crippen LogP contribution is -1.99. The van der Waals surface area contributed by atoms with Crippen LogP contribution in [0, 0.1) is 22.7 Å². The van der Waals surface area contributed by atoms with Gasteiger partial charge in [0.25, 0.3) is 0 Å². The van der Waals surface area contributed by atoms with Gasteiger partial charge in [-0.15, -0.1) is 0 Å². The van der Waals surface area contributed by atoms with Crippen LogP contribution in [0.25, 0.3) is 82.5 Å². The summed E-state index contributed by atoms with van der Waals surface area (Å²) in [7, 11) is 0. The molecule has 0 saturated heterocycles. The van der Waals surface area contributed by atoms with E-state index < -0.39 is 0 Å². The summed E-state index contributed by atoms with van der Waals surface area (Å²) in [5.41, 5.74) is 9.94. The van der Waals surface area contributed by atoms with Crippen LogP contribution in [0.15, 0.2) is 156 Å². The molecule has 0 aliphatic rings. The van der Waals surface area contributed by atoms with Crippen LogP contribution in [0.5, 0.6) is 0 Å². The summed E-state index contributed by atoms with van der Waals surface area (Å²) in [6.07, 6.45) is 3.95. The molecule has 50 heavy (non-hydrogen) atoms. The summed E-state index contributed by atoms with van der Waals surface area (Å²) in [6, 6.07) is 47.8. The third-order valence-corrected chi connectivity index (χ3v) is 9.74. The standard InChI is InChI=1S/C45H28N4O/c1-28(19-22-37(29(2)26-46)48-39-15-7-3-11-32(39)33-12-4-8-16-40(33)48)30-20-23-38(31(25-30)27-47)49-41-17-9-5-13-34(41)35-21-24-43-44(45(35)49)36-14-6-10-18-42(36)50-43/h3-25H,2H2,1H3/b28-19+,37-22+. The summed E-state index contributed by atoms with van der Waals surface area (Å²) >= 11 is 0. The van der Waals surface area contributed by atoms with Gasteiger partial charge in [0.05, 0.1) is 50.0 Å². The fraction of sp³-hybridized carbons (Fsp3) is 0.0222. The van der Waals surface area contributed by atoms with E-state index in [1.807, 2.05) is 91.9 Å². The summed E-state index contributed by atoms with van der Waals surface area (Å²) in [5.74, 6) is 0. The number of nitrogens with zero attached hydrogens (tertiary/aromatic N) is 4. The number of allylic oxidation sites excluding steroid dienone is 5. The van der Waals surface area contributed by atoms with Crippen molar-refractivity contribution >= 4 is 76.8 Å². The van der Waals surface area contributed by atoms with Gasteiger partial charge in [-0.1, -0.05) is 91.5 Å². The minimum atomic E-state index is 0.359. The first-order chi connectivity index (χ1) is 24.6. The summed E-state index contributed by atoms with van der Waals surface area (Å²) < 4.78 is 10.6. The molecule has 0 aliphatic heterocycles.